The summed E-state index contributed by atoms with van der Waals surface area (Å²) in [5.41, 5.74) is -0.500. The Balaban J connectivity index is 0.000000357. The zero-order chi connectivity index (χ0) is 46.6. The number of sulfonamides is 1. The van der Waals surface area contributed by atoms with Crippen LogP contribution in [-0.4, -0.2) is 98.8 Å². The molecular formula is C50H102N2O7S2. The molecule has 1 unspecified atom stereocenters. The highest BCUT2D eigenvalue weighted by atomic mass is 32.2. The van der Waals surface area contributed by atoms with Gasteiger partial charge in [0.2, 0.25) is 10.0 Å². The molecule has 9 nitrogen and oxygen atoms in total. The van der Waals surface area contributed by atoms with Crippen LogP contribution >= 0.6 is 0 Å². The molecule has 2 N–H and O–H groups in total. The van der Waals surface area contributed by atoms with E-state index in [0.717, 1.165) is 74.2 Å². The Kier molecular flexibility index (Phi) is 28.3. The van der Waals surface area contributed by atoms with Gasteiger partial charge in [-0.1, -0.05) is 87.0 Å². The highest BCUT2D eigenvalue weighted by Crippen LogP contribution is 2.40. The predicted octanol–water partition coefficient (Wildman–Crippen LogP) is 11.6. The molecule has 7 fully saturated rings. The minimum Gasteiger partial charge on any atom is -0.385 e. The number of hydrogen-bond acceptors (Lipinski definition) is 8. The van der Waals surface area contributed by atoms with Gasteiger partial charge in [-0.05, 0) is 175 Å². The van der Waals surface area contributed by atoms with Crippen molar-refractivity contribution in [2.75, 3.05) is 26.3 Å². The molecule has 61 heavy (non-hydrogen) atoms. The van der Waals surface area contributed by atoms with Gasteiger partial charge in [-0.25, -0.2) is 21.6 Å². The molecule has 2 heterocycles. The molecule has 0 aromatic rings. The van der Waals surface area contributed by atoms with Crippen molar-refractivity contribution in [3.63, 3.8) is 0 Å². The van der Waals surface area contributed by atoms with E-state index in [0.29, 0.717) is 31.3 Å². The Morgan fingerprint density at radius 2 is 1.11 bits per heavy atom. The summed E-state index contributed by atoms with van der Waals surface area (Å²) >= 11 is 0. The van der Waals surface area contributed by atoms with Crippen LogP contribution in [0.3, 0.4) is 0 Å². The smallest absolute Gasteiger partial charge is 0.214 e. The lowest BCUT2D eigenvalue weighted by Crippen LogP contribution is -2.53. The van der Waals surface area contributed by atoms with E-state index >= 15 is 0 Å². The summed E-state index contributed by atoms with van der Waals surface area (Å²) in [5.74, 6) is 5.34. The molecule has 1 atom stereocenters. The van der Waals surface area contributed by atoms with Gasteiger partial charge in [-0.15, -0.1) is 0 Å². The summed E-state index contributed by atoms with van der Waals surface area (Å²) in [5, 5.41) is 8.85. The second kappa shape index (κ2) is 29.4. The van der Waals surface area contributed by atoms with Crippen LogP contribution in [-0.2, 0) is 29.3 Å². The van der Waals surface area contributed by atoms with Gasteiger partial charge in [-0.2, -0.15) is 0 Å². The number of likely N-dealkylation sites (tertiary alicyclic amines) is 1. The molecule has 11 heteroatoms. The standard InChI is InChI=1S/C8H17N.C8H16O2S.C8H16.C7H14O.C7H14.C6H13NO2S.C6H12O2/c1-8(2)9-6-4-3-5-7-9;1-7(2)11(9,10)8-5-3-4-6-8;1-6(2)7(3)8-4-5-8;1-6(2)8-7-4-3-5-7;1-6(2)7-4-3-5-7;1-5(2)10(8,9)7-6-3-4-6;1-5(2)6(7)3-8-4-6/h8H,3-7H2,1-2H3;7-8H,3-6H2,1-2H3;6-8H,4-5H2,1-3H3;6-7H,3-5H2,1-2H3;6-7H,3-5H2,1-2H3;5-7H,3-4H2,1-2H3;5,7H,3-4H2,1-2H3. The maximum atomic E-state index is 11.5. The third-order valence-electron chi connectivity index (χ3n) is 13.9. The Morgan fingerprint density at radius 1 is 0.607 bits per heavy atom. The Hall–Kier alpha value is -0.300. The monoisotopic (exact) mass is 907 g/mol. The van der Waals surface area contributed by atoms with Crippen molar-refractivity contribution in [3.05, 3.63) is 0 Å². The van der Waals surface area contributed by atoms with Gasteiger partial charge in [0.15, 0.2) is 9.84 Å². The van der Waals surface area contributed by atoms with E-state index in [9.17, 15) is 21.9 Å². The normalized spacial score (nSPS) is 22.4. The van der Waals surface area contributed by atoms with Crippen molar-refractivity contribution in [2.45, 2.75) is 259 Å². The number of aliphatic hydroxyl groups is 1. The van der Waals surface area contributed by atoms with Crippen LogP contribution in [0, 0.1) is 35.5 Å². The highest BCUT2D eigenvalue weighted by molar-refractivity contribution is 7.92. The molecule has 2 aliphatic heterocycles. The molecule has 0 aromatic carbocycles. The van der Waals surface area contributed by atoms with Crippen LogP contribution in [0.25, 0.3) is 0 Å². The third kappa shape index (κ3) is 24.7. The zero-order valence-electron chi connectivity index (χ0n) is 42.5. The molecule has 366 valence electrons. The van der Waals surface area contributed by atoms with Gasteiger partial charge in [0, 0.05) is 12.1 Å². The quantitative estimate of drug-likeness (QED) is 0.199. The van der Waals surface area contributed by atoms with Crippen molar-refractivity contribution in [3.8, 4) is 0 Å². The lowest BCUT2D eigenvalue weighted by atomic mass is 9.78. The number of sulfone groups is 1. The first kappa shape index (κ1) is 58.7. The van der Waals surface area contributed by atoms with Crippen molar-refractivity contribution in [1.82, 2.24) is 9.62 Å². The van der Waals surface area contributed by atoms with E-state index in [1.165, 1.54) is 83.7 Å². The lowest BCUT2D eigenvalue weighted by molar-refractivity contribution is -0.200. The number of nitrogens with one attached hydrogen (secondary N) is 1. The predicted molar refractivity (Wildman–Crippen MR) is 260 cm³/mol. The van der Waals surface area contributed by atoms with E-state index in [4.69, 9.17) is 9.47 Å². The van der Waals surface area contributed by atoms with Crippen LogP contribution in [0.15, 0.2) is 0 Å². The van der Waals surface area contributed by atoms with Crippen LogP contribution in [0.5, 0.6) is 0 Å². The van der Waals surface area contributed by atoms with Crippen LogP contribution in [0.2, 0.25) is 0 Å². The summed E-state index contributed by atoms with van der Waals surface area (Å²) in [6.07, 6.45) is 22.7. The number of piperidine rings is 1. The summed E-state index contributed by atoms with van der Waals surface area (Å²) in [6, 6.07) is 1.01. The second-order valence-corrected chi connectivity index (χ2v) is 26.6. The fraction of sp³-hybridized carbons (Fsp3) is 1.00. The van der Waals surface area contributed by atoms with Crippen molar-refractivity contribution in [1.29, 1.82) is 0 Å². The van der Waals surface area contributed by atoms with Gasteiger partial charge in [0.25, 0.3) is 0 Å². The molecule has 0 amide bonds. The van der Waals surface area contributed by atoms with Gasteiger partial charge < -0.3 is 19.5 Å². The average Bonchev–Trinajstić information content (AvgIpc) is 4.07. The van der Waals surface area contributed by atoms with Crippen molar-refractivity contribution < 1.29 is 31.4 Å². The van der Waals surface area contributed by atoms with Crippen molar-refractivity contribution in [2.24, 2.45) is 35.5 Å². The number of ether oxygens (including phenoxy) is 2. The third-order valence-corrected chi connectivity index (χ3v) is 18.5. The van der Waals surface area contributed by atoms with Crippen LogP contribution < -0.4 is 4.72 Å². The second-order valence-electron chi connectivity index (χ2n) is 21.6. The minimum atomic E-state index is -2.98. The molecule has 7 rings (SSSR count). The van der Waals surface area contributed by atoms with Crippen LogP contribution in [0.1, 0.15) is 213 Å². The van der Waals surface area contributed by atoms with Crippen molar-refractivity contribution >= 4 is 19.9 Å². The van der Waals surface area contributed by atoms with Gasteiger partial charge in [-0.3, -0.25) is 0 Å². The molecule has 0 aromatic heterocycles. The first-order chi connectivity index (χ1) is 28.3. The maximum absolute atomic E-state index is 11.5. The van der Waals surface area contributed by atoms with Crippen LogP contribution in [0.4, 0.5) is 0 Å². The zero-order valence-corrected chi connectivity index (χ0v) is 44.1. The molecule has 5 saturated carbocycles. The Bertz CT molecular complexity index is 1320. The fourth-order valence-corrected chi connectivity index (χ4v) is 10.1. The van der Waals surface area contributed by atoms with E-state index < -0.39 is 25.5 Å². The van der Waals surface area contributed by atoms with E-state index in [1.807, 2.05) is 13.8 Å². The molecular weight excluding hydrogens is 805 g/mol. The van der Waals surface area contributed by atoms with Gasteiger partial charge >= 0.3 is 0 Å². The Morgan fingerprint density at radius 3 is 1.31 bits per heavy atom. The summed E-state index contributed by atoms with van der Waals surface area (Å²) in [6.45, 7) is 35.0. The molecule has 2 saturated heterocycles. The van der Waals surface area contributed by atoms with E-state index in [1.54, 1.807) is 27.7 Å². The first-order valence-electron chi connectivity index (χ1n) is 25.3. The average molecular weight is 908 g/mol. The highest BCUT2D eigenvalue weighted by Gasteiger charge is 2.39. The largest absolute Gasteiger partial charge is 0.385 e. The van der Waals surface area contributed by atoms with E-state index in [2.05, 4.69) is 71.9 Å². The summed E-state index contributed by atoms with van der Waals surface area (Å²) < 4.78 is 58.1. The van der Waals surface area contributed by atoms with Gasteiger partial charge in [0.05, 0.1) is 41.2 Å². The number of rotatable bonds is 12. The molecule has 0 spiro atoms. The summed E-state index contributed by atoms with van der Waals surface area (Å²) in [7, 11) is -5.76. The SMILES string of the molecule is CC(C)C(C)C1CC1.CC(C)C1(O)COC1.CC(C)C1CCC1.CC(C)N1CCCCC1.CC(C)OC1CCC1.CC(C)S(=O)(=O)C1CCCC1.CC(C)S(=O)(=O)NC1CC1. The minimum absolute atomic E-state index is 0.0255. The molecule has 5 aliphatic carbocycles. The number of hydrogen-bond donors (Lipinski definition) is 2. The lowest BCUT2D eigenvalue weighted by Gasteiger charge is -2.39. The molecule has 0 bridgehead atoms. The molecule has 0 radical (unpaired) electrons. The Labute approximate surface area is 379 Å². The molecule has 7 aliphatic rings. The topological polar surface area (TPSA) is 122 Å². The maximum Gasteiger partial charge on any atom is 0.214 e. The van der Waals surface area contributed by atoms with E-state index in [-0.39, 0.29) is 21.8 Å². The number of nitrogens with zero attached hydrogens (tertiary/aromatic N) is 1. The summed E-state index contributed by atoms with van der Waals surface area (Å²) in [4.78, 5) is 2.56. The van der Waals surface area contributed by atoms with Gasteiger partial charge in [0.1, 0.15) is 5.60 Å². The first-order valence-corrected chi connectivity index (χ1v) is 28.4. The fourth-order valence-electron chi connectivity index (χ4n) is 7.42.